The van der Waals surface area contributed by atoms with Crippen LogP contribution in [0, 0.1) is 6.92 Å². The Morgan fingerprint density at radius 3 is 2.62 bits per heavy atom. The number of aryl methyl sites for hydroxylation is 2. The summed E-state index contributed by atoms with van der Waals surface area (Å²) in [7, 11) is 0. The zero-order chi connectivity index (χ0) is 17.8. The summed E-state index contributed by atoms with van der Waals surface area (Å²) in [4.78, 5) is 2.53. The van der Waals surface area contributed by atoms with Gasteiger partial charge in [0.25, 0.3) is 0 Å². The van der Waals surface area contributed by atoms with Gasteiger partial charge >= 0.3 is 0 Å². The predicted molar refractivity (Wildman–Crippen MR) is 108 cm³/mol. The zero-order valence-corrected chi connectivity index (χ0v) is 15.7. The van der Waals surface area contributed by atoms with Crippen molar-refractivity contribution in [2.75, 3.05) is 32.8 Å². The van der Waals surface area contributed by atoms with Crippen LogP contribution in [0.2, 0.25) is 0 Å². The average molecular weight is 348 g/mol. The molecule has 0 spiro atoms. The summed E-state index contributed by atoms with van der Waals surface area (Å²) in [5.74, 6) is 0. The lowest BCUT2D eigenvalue weighted by atomic mass is 10.1. The van der Waals surface area contributed by atoms with Gasteiger partial charge < -0.3 is 9.30 Å². The second-order valence-electron chi connectivity index (χ2n) is 7.35. The van der Waals surface area contributed by atoms with Crippen molar-refractivity contribution in [2.45, 2.75) is 26.3 Å². The van der Waals surface area contributed by atoms with Gasteiger partial charge in [0.05, 0.1) is 13.2 Å². The number of hydrogen-bond donors (Lipinski definition) is 0. The highest BCUT2D eigenvalue weighted by atomic mass is 16.5. The smallest absolute Gasteiger partial charge is 0.0594 e. The molecule has 136 valence electrons. The second-order valence-corrected chi connectivity index (χ2v) is 7.35. The van der Waals surface area contributed by atoms with Gasteiger partial charge in [0.1, 0.15) is 0 Å². The van der Waals surface area contributed by atoms with Gasteiger partial charge in [-0.2, -0.15) is 0 Å². The molecule has 2 aromatic carbocycles. The van der Waals surface area contributed by atoms with Gasteiger partial charge in [0, 0.05) is 36.7 Å². The van der Waals surface area contributed by atoms with Gasteiger partial charge in [-0.05, 0) is 49.6 Å². The van der Waals surface area contributed by atoms with Crippen molar-refractivity contribution >= 4 is 10.9 Å². The normalized spacial score (nSPS) is 15.6. The third-order valence-electron chi connectivity index (χ3n) is 5.34. The molecule has 0 amide bonds. The number of ether oxygens (including phenoxy) is 1. The number of nitrogens with zero attached hydrogens (tertiary/aromatic N) is 2. The lowest BCUT2D eigenvalue weighted by molar-refractivity contribution is 0.0375. The maximum Gasteiger partial charge on any atom is 0.0594 e. The van der Waals surface area contributed by atoms with Crippen molar-refractivity contribution in [3.8, 4) is 0 Å². The van der Waals surface area contributed by atoms with Crippen molar-refractivity contribution in [3.63, 3.8) is 0 Å². The number of aromatic nitrogens is 1. The van der Waals surface area contributed by atoms with E-state index in [2.05, 4.69) is 71.1 Å². The Kier molecular flexibility index (Phi) is 5.37. The largest absolute Gasteiger partial charge is 0.379 e. The Balaban J connectivity index is 1.52. The third kappa shape index (κ3) is 4.00. The maximum atomic E-state index is 5.45. The van der Waals surface area contributed by atoms with E-state index >= 15 is 0 Å². The highest BCUT2D eigenvalue weighted by Crippen LogP contribution is 2.25. The summed E-state index contributed by atoms with van der Waals surface area (Å²) in [6.45, 7) is 8.21. The molecule has 1 saturated heterocycles. The Bertz CT molecular complexity index is 847. The molecular weight excluding hydrogens is 320 g/mol. The molecule has 0 unspecified atom stereocenters. The van der Waals surface area contributed by atoms with Crippen LogP contribution in [0.5, 0.6) is 0 Å². The van der Waals surface area contributed by atoms with Crippen molar-refractivity contribution in [1.29, 1.82) is 0 Å². The van der Waals surface area contributed by atoms with E-state index < -0.39 is 0 Å². The molecule has 0 atom stereocenters. The quantitative estimate of drug-likeness (QED) is 0.662. The zero-order valence-electron chi connectivity index (χ0n) is 15.7. The average Bonchev–Trinajstić information content (AvgIpc) is 3.00. The monoisotopic (exact) mass is 348 g/mol. The highest BCUT2D eigenvalue weighted by molar-refractivity contribution is 5.84. The Labute approximate surface area is 156 Å². The molecule has 4 rings (SSSR count). The first-order valence-electron chi connectivity index (χ1n) is 9.72. The van der Waals surface area contributed by atoms with Crippen LogP contribution in [-0.4, -0.2) is 42.3 Å². The van der Waals surface area contributed by atoms with Gasteiger partial charge in [-0.3, -0.25) is 4.90 Å². The number of hydrogen-bond acceptors (Lipinski definition) is 2. The SMILES string of the molecule is Cc1ccc2c(c1)c(CCCN1CCOCC1)cn2Cc1ccccc1. The highest BCUT2D eigenvalue weighted by Gasteiger charge is 2.12. The van der Waals surface area contributed by atoms with Gasteiger partial charge in [0.2, 0.25) is 0 Å². The Hall–Kier alpha value is -2.10. The minimum absolute atomic E-state index is 0.885. The van der Waals surface area contributed by atoms with Crippen LogP contribution in [0.25, 0.3) is 10.9 Å². The van der Waals surface area contributed by atoms with E-state index in [-0.39, 0.29) is 0 Å². The lowest BCUT2D eigenvalue weighted by Gasteiger charge is -2.26. The summed E-state index contributed by atoms with van der Waals surface area (Å²) in [5, 5.41) is 1.42. The first-order chi connectivity index (χ1) is 12.8. The van der Waals surface area contributed by atoms with Crippen molar-refractivity contribution in [2.24, 2.45) is 0 Å². The fourth-order valence-electron chi connectivity index (χ4n) is 3.91. The topological polar surface area (TPSA) is 17.4 Å². The minimum Gasteiger partial charge on any atom is -0.379 e. The van der Waals surface area contributed by atoms with E-state index in [4.69, 9.17) is 4.74 Å². The molecule has 0 N–H and O–H groups in total. The lowest BCUT2D eigenvalue weighted by Crippen LogP contribution is -2.36. The Morgan fingerprint density at radius 2 is 1.81 bits per heavy atom. The molecule has 3 nitrogen and oxygen atoms in total. The molecule has 1 aromatic heterocycles. The molecule has 1 fully saturated rings. The van der Waals surface area contributed by atoms with E-state index in [1.807, 2.05) is 0 Å². The molecule has 2 heterocycles. The molecular formula is C23H28N2O. The minimum atomic E-state index is 0.885. The van der Waals surface area contributed by atoms with Crippen LogP contribution in [0.4, 0.5) is 0 Å². The summed E-state index contributed by atoms with van der Waals surface area (Å²) in [5.41, 5.74) is 5.52. The summed E-state index contributed by atoms with van der Waals surface area (Å²) in [6.07, 6.45) is 4.72. The molecule has 26 heavy (non-hydrogen) atoms. The molecule has 3 heteroatoms. The van der Waals surface area contributed by atoms with E-state index in [9.17, 15) is 0 Å². The molecule has 0 saturated carbocycles. The van der Waals surface area contributed by atoms with Crippen LogP contribution in [0.3, 0.4) is 0 Å². The second kappa shape index (κ2) is 8.07. The molecule has 0 bridgehead atoms. The van der Waals surface area contributed by atoms with E-state index in [1.54, 1.807) is 0 Å². The van der Waals surface area contributed by atoms with Crippen LogP contribution in [0.1, 0.15) is 23.1 Å². The van der Waals surface area contributed by atoms with Gasteiger partial charge in [-0.1, -0.05) is 42.0 Å². The first-order valence-corrected chi connectivity index (χ1v) is 9.72. The number of morpholine rings is 1. The molecule has 0 aliphatic carbocycles. The van der Waals surface area contributed by atoms with Crippen molar-refractivity contribution in [3.05, 3.63) is 71.4 Å². The molecule has 1 aliphatic rings. The predicted octanol–water partition coefficient (Wildman–Crippen LogP) is 4.26. The standard InChI is InChI=1S/C23H28N2O/c1-19-9-10-23-22(16-19)21(8-5-11-24-12-14-26-15-13-24)18-25(23)17-20-6-3-2-4-7-20/h2-4,6-7,9-10,16,18H,5,8,11-15,17H2,1H3. The first kappa shape index (κ1) is 17.3. The summed E-state index contributed by atoms with van der Waals surface area (Å²) >= 11 is 0. The molecule has 0 radical (unpaired) electrons. The fraction of sp³-hybridized carbons (Fsp3) is 0.391. The fourth-order valence-corrected chi connectivity index (χ4v) is 3.91. The maximum absolute atomic E-state index is 5.45. The van der Waals surface area contributed by atoms with Gasteiger partial charge in [0.15, 0.2) is 0 Å². The third-order valence-corrected chi connectivity index (χ3v) is 5.34. The molecule has 1 aliphatic heterocycles. The number of benzene rings is 2. The van der Waals surface area contributed by atoms with E-state index in [0.717, 1.165) is 39.3 Å². The number of fused-ring (bicyclic) bond motifs is 1. The summed E-state index contributed by atoms with van der Waals surface area (Å²) in [6, 6.07) is 17.6. The Morgan fingerprint density at radius 1 is 1.00 bits per heavy atom. The van der Waals surface area contributed by atoms with Gasteiger partial charge in [-0.25, -0.2) is 0 Å². The van der Waals surface area contributed by atoms with Crippen molar-refractivity contribution in [1.82, 2.24) is 9.47 Å². The van der Waals surface area contributed by atoms with Crippen LogP contribution < -0.4 is 0 Å². The van der Waals surface area contributed by atoms with Gasteiger partial charge in [-0.15, -0.1) is 0 Å². The summed E-state index contributed by atoms with van der Waals surface area (Å²) < 4.78 is 7.86. The van der Waals surface area contributed by atoms with Crippen LogP contribution in [-0.2, 0) is 17.7 Å². The molecule has 3 aromatic rings. The number of rotatable bonds is 6. The van der Waals surface area contributed by atoms with Crippen molar-refractivity contribution < 1.29 is 4.74 Å². The van der Waals surface area contributed by atoms with Crippen LogP contribution >= 0.6 is 0 Å². The van der Waals surface area contributed by atoms with E-state index in [0.29, 0.717) is 0 Å². The van der Waals surface area contributed by atoms with E-state index in [1.165, 1.54) is 40.6 Å². The van der Waals surface area contributed by atoms with Crippen LogP contribution in [0.15, 0.2) is 54.7 Å².